The monoisotopic (exact) mass is 472 g/mol. The van der Waals surface area contributed by atoms with E-state index in [2.05, 4.69) is 36.1 Å². The van der Waals surface area contributed by atoms with E-state index in [1.54, 1.807) is 12.1 Å². The number of phenolic OH excluding ortho intramolecular Hbond substituents is 1. The molecule has 0 heterocycles. The third-order valence-corrected chi connectivity index (χ3v) is 4.95. The van der Waals surface area contributed by atoms with E-state index in [0.29, 0.717) is 18.6 Å². The summed E-state index contributed by atoms with van der Waals surface area (Å²) in [5.74, 6) is 0.589. The molecule has 0 amide bonds. The molecule has 4 nitrogen and oxygen atoms in total. The Morgan fingerprint density at radius 3 is 2.62 bits per heavy atom. The Hall–Kier alpha value is -1.31. The number of methoxy groups -OCH3 is 1. The SMILES string of the molecule is C=C(CCC)/C(=C/CO)C(O)CC/C(C)=C/c1cc(I)c(O)c(OC)c1. The molecule has 0 bridgehead atoms. The van der Waals surface area contributed by atoms with Gasteiger partial charge in [-0.25, -0.2) is 0 Å². The highest BCUT2D eigenvalue weighted by atomic mass is 127. The lowest BCUT2D eigenvalue weighted by Crippen LogP contribution is -2.13. The lowest BCUT2D eigenvalue weighted by molar-refractivity contribution is 0.200. The maximum absolute atomic E-state index is 10.5. The number of hydrogen-bond donors (Lipinski definition) is 3. The molecule has 5 heteroatoms. The third kappa shape index (κ3) is 6.78. The van der Waals surface area contributed by atoms with Gasteiger partial charge in [-0.3, -0.25) is 0 Å². The van der Waals surface area contributed by atoms with Crippen molar-refractivity contribution in [2.75, 3.05) is 13.7 Å². The predicted octanol–water partition coefficient (Wildman–Crippen LogP) is 4.82. The van der Waals surface area contributed by atoms with Gasteiger partial charge in [-0.05, 0) is 77.6 Å². The average molecular weight is 472 g/mol. The zero-order valence-corrected chi connectivity index (χ0v) is 17.9. The number of phenols is 1. The van der Waals surface area contributed by atoms with Crippen LogP contribution in [0.3, 0.4) is 0 Å². The summed E-state index contributed by atoms with van der Waals surface area (Å²) in [5.41, 5.74) is 3.67. The minimum absolute atomic E-state index is 0.101. The predicted molar refractivity (Wildman–Crippen MR) is 115 cm³/mol. The summed E-state index contributed by atoms with van der Waals surface area (Å²) in [4.78, 5) is 0. The lowest BCUT2D eigenvalue weighted by atomic mass is 9.93. The van der Waals surface area contributed by atoms with Crippen LogP contribution < -0.4 is 4.74 Å². The summed E-state index contributed by atoms with van der Waals surface area (Å²) in [6.45, 7) is 8.00. The first-order valence-corrected chi connectivity index (χ1v) is 9.82. The van der Waals surface area contributed by atoms with Gasteiger partial charge in [0.05, 0.1) is 23.4 Å². The van der Waals surface area contributed by atoms with Crippen molar-refractivity contribution in [2.24, 2.45) is 0 Å². The number of rotatable bonds is 10. The maximum Gasteiger partial charge on any atom is 0.171 e. The molecule has 0 saturated heterocycles. The van der Waals surface area contributed by atoms with Gasteiger partial charge in [-0.1, -0.05) is 37.6 Å². The van der Waals surface area contributed by atoms with Crippen molar-refractivity contribution in [2.45, 2.75) is 45.6 Å². The van der Waals surface area contributed by atoms with E-state index < -0.39 is 6.10 Å². The van der Waals surface area contributed by atoms with Gasteiger partial charge in [0, 0.05) is 0 Å². The Morgan fingerprint density at radius 1 is 1.35 bits per heavy atom. The van der Waals surface area contributed by atoms with Crippen molar-refractivity contribution in [1.82, 2.24) is 0 Å². The number of hydrogen-bond acceptors (Lipinski definition) is 4. The molecule has 144 valence electrons. The van der Waals surface area contributed by atoms with E-state index in [9.17, 15) is 15.3 Å². The van der Waals surface area contributed by atoms with Gasteiger partial charge in [0.15, 0.2) is 11.5 Å². The highest BCUT2D eigenvalue weighted by molar-refractivity contribution is 14.1. The van der Waals surface area contributed by atoms with Gasteiger partial charge in [-0.2, -0.15) is 0 Å². The summed E-state index contributed by atoms with van der Waals surface area (Å²) in [6, 6.07) is 3.68. The van der Waals surface area contributed by atoms with E-state index >= 15 is 0 Å². The number of halogens is 1. The largest absolute Gasteiger partial charge is 0.504 e. The fraction of sp³-hybridized carbons (Fsp3) is 0.429. The molecule has 0 aliphatic rings. The normalized spacial score (nSPS) is 13.6. The average Bonchev–Trinajstić information content (AvgIpc) is 2.60. The Labute approximate surface area is 170 Å². The smallest absolute Gasteiger partial charge is 0.171 e. The van der Waals surface area contributed by atoms with Gasteiger partial charge in [-0.15, -0.1) is 0 Å². The minimum atomic E-state index is -0.640. The molecule has 0 aliphatic heterocycles. The molecular formula is C21H29IO4. The standard InChI is InChI=1S/C21H29IO4/c1-5-6-15(3)17(9-10-23)19(24)8-7-14(2)11-16-12-18(22)21(25)20(13-16)26-4/h9,11-13,19,23-25H,3,5-8,10H2,1-2,4H3/b14-11+,17-9-. The fourth-order valence-corrected chi connectivity index (χ4v) is 3.40. The van der Waals surface area contributed by atoms with Crippen LogP contribution in [-0.2, 0) is 0 Å². The molecule has 26 heavy (non-hydrogen) atoms. The molecule has 3 N–H and O–H groups in total. The number of aliphatic hydroxyl groups excluding tert-OH is 2. The number of benzene rings is 1. The zero-order valence-electron chi connectivity index (χ0n) is 15.8. The molecule has 1 aromatic rings. The van der Waals surface area contributed by atoms with Crippen LogP contribution >= 0.6 is 22.6 Å². The van der Waals surface area contributed by atoms with Crippen LogP contribution in [0.4, 0.5) is 0 Å². The number of aromatic hydroxyl groups is 1. The van der Waals surface area contributed by atoms with Gasteiger partial charge >= 0.3 is 0 Å². The molecule has 1 aromatic carbocycles. The fourth-order valence-electron chi connectivity index (χ4n) is 2.77. The van der Waals surface area contributed by atoms with Crippen LogP contribution in [0.15, 0.2) is 41.5 Å². The number of allylic oxidation sites excluding steroid dienone is 1. The molecule has 1 rings (SSSR count). The van der Waals surface area contributed by atoms with Crippen LogP contribution in [-0.4, -0.2) is 35.1 Å². The first kappa shape index (κ1) is 22.7. The topological polar surface area (TPSA) is 69.9 Å². The van der Waals surface area contributed by atoms with Crippen molar-refractivity contribution in [3.05, 3.63) is 50.6 Å². The van der Waals surface area contributed by atoms with Gasteiger partial charge in [0.25, 0.3) is 0 Å². The summed E-state index contributed by atoms with van der Waals surface area (Å²) in [6.07, 6.45) is 6.06. The molecule has 0 radical (unpaired) electrons. The highest BCUT2D eigenvalue weighted by Crippen LogP contribution is 2.33. The second-order valence-corrected chi connectivity index (χ2v) is 7.46. The Bertz CT molecular complexity index is 677. The van der Waals surface area contributed by atoms with Crippen molar-refractivity contribution in [1.29, 1.82) is 0 Å². The van der Waals surface area contributed by atoms with Crippen molar-refractivity contribution in [3.63, 3.8) is 0 Å². The summed E-state index contributed by atoms with van der Waals surface area (Å²) < 4.78 is 5.92. The van der Waals surface area contributed by atoms with E-state index in [1.807, 2.05) is 19.1 Å². The maximum atomic E-state index is 10.5. The zero-order chi connectivity index (χ0) is 19.7. The van der Waals surface area contributed by atoms with Gasteiger partial charge in [0.2, 0.25) is 0 Å². The molecule has 0 spiro atoms. The first-order chi connectivity index (χ1) is 12.3. The van der Waals surface area contributed by atoms with E-state index in [-0.39, 0.29) is 12.4 Å². The lowest BCUT2D eigenvalue weighted by Gasteiger charge is -2.17. The molecule has 0 saturated carbocycles. The number of ether oxygens (including phenoxy) is 1. The highest BCUT2D eigenvalue weighted by Gasteiger charge is 2.14. The van der Waals surface area contributed by atoms with Crippen LogP contribution in [0.5, 0.6) is 11.5 Å². The molecule has 1 atom stereocenters. The Kier molecular flexibility index (Phi) is 9.98. The van der Waals surface area contributed by atoms with Crippen molar-refractivity contribution in [3.8, 4) is 11.5 Å². The molecule has 0 aliphatic carbocycles. The summed E-state index contributed by atoms with van der Waals surface area (Å²) >= 11 is 2.07. The van der Waals surface area contributed by atoms with Crippen LogP contribution in [0.25, 0.3) is 6.08 Å². The van der Waals surface area contributed by atoms with E-state index in [4.69, 9.17) is 4.74 Å². The summed E-state index contributed by atoms with van der Waals surface area (Å²) in [7, 11) is 1.53. The van der Waals surface area contributed by atoms with E-state index in [0.717, 1.165) is 38.7 Å². The quantitative estimate of drug-likeness (QED) is 0.337. The van der Waals surface area contributed by atoms with Crippen LogP contribution in [0.1, 0.15) is 45.1 Å². The first-order valence-electron chi connectivity index (χ1n) is 8.74. The van der Waals surface area contributed by atoms with E-state index in [1.165, 1.54) is 7.11 Å². The molecule has 0 aromatic heterocycles. The molecular weight excluding hydrogens is 443 g/mol. The molecule has 1 unspecified atom stereocenters. The van der Waals surface area contributed by atoms with Gasteiger partial charge < -0.3 is 20.1 Å². The minimum Gasteiger partial charge on any atom is -0.504 e. The van der Waals surface area contributed by atoms with Crippen LogP contribution in [0.2, 0.25) is 0 Å². The van der Waals surface area contributed by atoms with Crippen LogP contribution in [0, 0.1) is 3.57 Å². The van der Waals surface area contributed by atoms with Crippen molar-refractivity contribution >= 4 is 28.7 Å². The Balaban J connectivity index is 2.82. The second-order valence-electron chi connectivity index (χ2n) is 6.29. The van der Waals surface area contributed by atoms with Crippen molar-refractivity contribution < 1.29 is 20.1 Å². The summed E-state index contributed by atoms with van der Waals surface area (Å²) in [5, 5.41) is 29.6. The second kappa shape index (κ2) is 11.4. The number of aliphatic hydroxyl groups is 2. The third-order valence-electron chi connectivity index (χ3n) is 4.13. The Morgan fingerprint density at radius 2 is 2.04 bits per heavy atom. The van der Waals surface area contributed by atoms with Gasteiger partial charge in [0.1, 0.15) is 0 Å². The molecule has 0 fully saturated rings.